The zero-order valence-corrected chi connectivity index (χ0v) is 17.7. The van der Waals surface area contributed by atoms with Crippen LogP contribution in [0.25, 0.3) is 11.3 Å². The van der Waals surface area contributed by atoms with Crippen molar-refractivity contribution in [3.63, 3.8) is 0 Å². The van der Waals surface area contributed by atoms with Crippen molar-refractivity contribution >= 4 is 28.8 Å². The highest BCUT2D eigenvalue weighted by Gasteiger charge is 2.18. The highest BCUT2D eigenvalue weighted by atomic mass is 35.5. The Bertz CT molecular complexity index is 910. The van der Waals surface area contributed by atoms with Crippen molar-refractivity contribution in [2.75, 3.05) is 13.2 Å². The van der Waals surface area contributed by atoms with E-state index in [4.69, 9.17) is 16.3 Å². The van der Waals surface area contributed by atoms with Gasteiger partial charge in [0.1, 0.15) is 12.1 Å². The van der Waals surface area contributed by atoms with Crippen LogP contribution in [0.5, 0.6) is 0 Å². The lowest BCUT2D eigenvalue weighted by atomic mass is 10.0. The predicted molar refractivity (Wildman–Crippen MR) is 112 cm³/mol. The van der Waals surface area contributed by atoms with Crippen molar-refractivity contribution < 1.29 is 24.2 Å². The lowest BCUT2D eigenvalue weighted by Gasteiger charge is -2.20. The second-order valence-corrected chi connectivity index (χ2v) is 7.83. The van der Waals surface area contributed by atoms with E-state index in [0.29, 0.717) is 11.3 Å². The number of hydrogen-bond donors (Lipinski definition) is 3. The van der Waals surface area contributed by atoms with Gasteiger partial charge in [0, 0.05) is 11.8 Å². The standard InChI is InChI=1S/C21H24ClN3O5/c1-21(2,3)30-20(29)24-11-18(27)25-17(12-26)14-6-4-5-13(9-14)16-8-7-15(10-23-16)19(22)28/h4-10,17,26H,11-12H2,1-3H3,(H,24,29)(H,25,27)/t17-/m1/s1. The number of ether oxygens (including phenoxy) is 1. The van der Waals surface area contributed by atoms with Crippen molar-refractivity contribution in [1.82, 2.24) is 15.6 Å². The van der Waals surface area contributed by atoms with Crippen LogP contribution in [0, 0.1) is 0 Å². The van der Waals surface area contributed by atoms with E-state index in [9.17, 15) is 19.5 Å². The largest absolute Gasteiger partial charge is 0.444 e. The van der Waals surface area contributed by atoms with Crippen LogP contribution in [0.15, 0.2) is 42.6 Å². The first-order valence-electron chi connectivity index (χ1n) is 9.22. The number of hydrogen-bond acceptors (Lipinski definition) is 6. The lowest BCUT2D eigenvalue weighted by Crippen LogP contribution is -2.41. The summed E-state index contributed by atoms with van der Waals surface area (Å²) in [6.45, 7) is 4.53. The van der Waals surface area contributed by atoms with Crippen LogP contribution in [0.3, 0.4) is 0 Å². The number of pyridine rings is 1. The summed E-state index contributed by atoms with van der Waals surface area (Å²) in [7, 11) is 0. The zero-order valence-electron chi connectivity index (χ0n) is 16.9. The number of carbonyl (C=O) groups is 3. The third kappa shape index (κ3) is 7.13. The van der Waals surface area contributed by atoms with Gasteiger partial charge < -0.3 is 20.5 Å². The van der Waals surface area contributed by atoms with Gasteiger partial charge in [0.25, 0.3) is 5.24 Å². The monoisotopic (exact) mass is 433 g/mol. The Labute approximate surface area is 179 Å². The van der Waals surface area contributed by atoms with Crippen LogP contribution < -0.4 is 10.6 Å². The van der Waals surface area contributed by atoms with Gasteiger partial charge in [-0.15, -0.1) is 0 Å². The molecule has 0 aliphatic heterocycles. The van der Waals surface area contributed by atoms with E-state index in [0.717, 1.165) is 5.56 Å². The Morgan fingerprint density at radius 3 is 2.50 bits per heavy atom. The van der Waals surface area contributed by atoms with Crippen LogP contribution in [0.1, 0.15) is 42.7 Å². The first kappa shape index (κ1) is 23.3. The average molecular weight is 434 g/mol. The number of nitrogens with one attached hydrogen (secondary N) is 2. The van der Waals surface area contributed by atoms with E-state index in [1.165, 1.54) is 6.20 Å². The van der Waals surface area contributed by atoms with Crippen LogP contribution >= 0.6 is 11.6 Å². The fourth-order valence-electron chi connectivity index (χ4n) is 2.54. The van der Waals surface area contributed by atoms with E-state index in [2.05, 4.69) is 15.6 Å². The molecule has 2 rings (SSSR count). The molecule has 2 aromatic rings. The second kappa shape index (κ2) is 10.2. The van der Waals surface area contributed by atoms with E-state index >= 15 is 0 Å². The maximum atomic E-state index is 12.2. The molecule has 8 nitrogen and oxygen atoms in total. The van der Waals surface area contributed by atoms with Crippen molar-refractivity contribution in [2.24, 2.45) is 0 Å². The van der Waals surface area contributed by atoms with Crippen LogP contribution in [-0.2, 0) is 9.53 Å². The van der Waals surface area contributed by atoms with Gasteiger partial charge in [-0.1, -0.05) is 18.2 Å². The molecule has 9 heteroatoms. The maximum Gasteiger partial charge on any atom is 0.408 e. The molecule has 0 aliphatic rings. The van der Waals surface area contributed by atoms with E-state index < -0.39 is 28.9 Å². The van der Waals surface area contributed by atoms with Gasteiger partial charge >= 0.3 is 6.09 Å². The molecular weight excluding hydrogens is 410 g/mol. The van der Waals surface area contributed by atoms with Crippen LogP contribution in [0.2, 0.25) is 0 Å². The average Bonchev–Trinajstić information content (AvgIpc) is 2.69. The van der Waals surface area contributed by atoms with Crippen LogP contribution in [-0.4, -0.2) is 46.1 Å². The molecule has 1 aromatic heterocycles. The van der Waals surface area contributed by atoms with Gasteiger partial charge in [-0.2, -0.15) is 0 Å². The Balaban J connectivity index is 2.04. The highest BCUT2D eigenvalue weighted by Crippen LogP contribution is 2.22. The first-order valence-corrected chi connectivity index (χ1v) is 9.60. The number of rotatable bonds is 7. The van der Waals surface area contributed by atoms with Gasteiger partial charge in [-0.05, 0) is 56.1 Å². The Morgan fingerprint density at radius 2 is 1.93 bits per heavy atom. The van der Waals surface area contributed by atoms with Crippen molar-refractivity contribution in [2.45, 2.75) is 32.4 Å². The lowest BCUT2D eigenvalue weighted by molar-refractivity contribution is -0.121. The molecule has 0 bridgehead atoms. The third-order valence-corrected chi connectivity index (χ3v) is 4.10. The fourth-order valence-corrected chi connectivity index (χ4v) is 2.65. The molecule has 0 spiro atoms. The minimum atomic E-state index is -0.704. The molecule has 0 saturated carbocycles. The molecule has 3 N–H and O–H groups in total. The number of carbonyl (C=O) groups excluding carboxylic acids is 3. The number of nitrogens with zero attached hydrogens (tertiary/aromatic N) is 1. The molecule has 0 radical (unpaired) electrons. The quantitative estimate of drug-likeness (QED) is 0.578. The van der Waals surface area contributed by atoms with Crippen molar-refractivity contribution in [3.8, 4) is 11.3 Å². The number of alkyl carbamates (subject to hydrolysis) is 1. The molecule has 30 heavy (non-hydrogen) atoms. The molecule has 0 saturated heterocycles. The topological polar surface area (TPSA) is 118 Å². The highest BCUT2D eigenvalue weighted by molar-refractivity contribution is 6.67. The zero-order chi connectivity index (χ0) is 22.3. The summed E-state index contributed by atoms with van der Waals surface area (Å²) in [4.78, 5) is 39.2. The van der Waals surface area contributed by atoms with E-state index in [-0.39, 0.29) is 18.7 Å². The molecule has 1 heterocycles. The van der Waals surface area contributed by atoms with E-state index in [1.54, 1.807) is 51.1 Å². The Morgan fingerprint density at radius 1 is 1.20 bits per heavy atom. The smallest absolute Gasteiger partial charge is 0.408 e. The first-order chi connectivity index (χ1) is 14.1. The van der Waals surface area contributed by atoms with Crippen LogP contribution in [0.4, 0.5) is 4.79 Å². The molecule has 0 fully saturated rings. The molecular formula is C21H24ClN3O5. The normalized spacial score (nSPS) is 12.0. The predicted octanol–water partition coefficient (Wildman–Crippen LogP) is 2.80. The van der Waals surface area contributed by atoms with Gasteiger partial charge in [-0.3, -0.25) is 14.6 Å². The summed E-state index contributed by atoms with van der Waals surface area (Å²) < 4.78 is 5.08. The van der Waals surface area contributed by atoms with E-state index in [1.807, 2.05) is 6.07 Å². The molecule has 0 aliphatic carbocycles. The molecule has 1 aromatic carbocycles. The number of aliphatic hydroxyl groups is 1. The Kier molecular flexibility index (Phi) is 7.91. The second-order valence-electron chi connectivity index (χ2n) is 7.49. The van der Waals surface area contributed by atoms with Gasteiger partial charge in [-0.25, -0.2) is 4.79 Å². The number of amides is 2. The number of aromatic nitrogens is 1. The SMILES string of the molecule is CC(C)(C)OC(=O)NCC(=O)N[C@H](CO)c1cccc(-c2ccc(C(=O)Cl)cn2)c1. The molecule has 1 atom stereocenters. The molecule has 160 valence electrons. The number of benzene rings is 1. The molecule has 2 amide bonds. The summed E-state index contributed by atoms with van der Waals surface area (Å²) in [5.74, 6) is -0.478. The molecule has 0 unspecified atom stereocenters. The van der Waals surface area contributed by atoms with Gasteiger partial charge in [0.05, 0.1) is 23.9 Å². The summed E-state index contributed by atoms with van der Waals surface area (Å²) in [6.07, 6.45) is 0.676. The third-order valence-electron chi connectivity index (χ3n) is 3.89. The minimum absolute atomic E-state index is 0.287. The summed E-state index contributed by atoms with van der Waals surface area (Å²) >= 11 is 5.43. The fraction of sp³-hybridized carbons (Fsp3) is 0.333. The van der Waals surface area contributed by atoms with Gasteiger partial charge in [0.15, 0.2) is 0 Å². The maximum absolute atomic E-state index is 12.2. The Hall–Kier alpha value is -2.97. The van der Waals surface area contributed by atoms with Crippen molar-refractivity contribution in [3.05, 3.63) is 53.7 Å². The van der Waals surface area contributed by atoms with Gasteiger partial charge in [0.2, 0.25) is 5.91 Å². The summed E-state index contributed by atoms with van der Waals surface area (Å²) in [6, 6.07) is 9.65. The minimum Gasteiger partial charge on any atom is -0.444 e. The summed E-state index contributed by atoms with van der Waals surface area (Å²) in [5, 5.41) is 14.2. The van der Waals surface area contributed by atoms with Crippen molar-refractivity contribution in [1.29, 1.82) is 0 Å². The number of aliphatic hydroxyl groups excluding tert-OH is 1. The summed E-state index contributed by atoms with van der Waals surface area (Å²) in [5.41, 5.74) is 1.61. The number of halogens is 1.